The Bertz CT molecular complexity index is 299. The van der Waals surface area contributed by atoms with Gasteiger partial charge in [0.15, 0.2) is 0 Å². The number of hydrogen-bond donors (Lipinski definition) is 3. The van der Waals surface area contributed by atoms with E-state index in [4.69, 9.17) is 10.9 Å². The number of nitrogens with one attached hydrogen (secondary N) is 1. The molecule has 84 valence electrons. The Morgan fingerprint density at radius 3 is 2.87 bits per heavy atom. The van der Waals surface area contributed by atoms with E-state index in [2.05, 4.69) is 15.4 Å². The number of aliphatic hydroxyl groups excluding tert-OH is 1. The number of anilines is 1. The van der Waals surface area contributed by atoms with Crippen LogP contribution in [0.25, 0.3) is 0 Å². The summed E-state index contributed by atoms with van der Waals surface area (Å²) in [6.45, 7) is 4.05. The molecule has 0 bridgehead atoms. The molecule has 0 aromatic carbocycles. The summed E-state index contributed by atoms with van der Waals surface area (Å²) in [6, 6.07) is 1.77. The Kier molecular flexibility index (Phi) is 4.80. The maximum Gasteiger partial charge on any atom is 0.144 e. The van der Waals surface area contributed by atoms with Crippen LogP contribution < -0.4 is 11.3 Å². The molecule has 1 aromatic rings. The first-order valence-electron chi connectivity index (χ1n) is 4.81. The predicted molar refractivity (Wildman–Crippen MR) is 61.6 cm³/mol. The minimum Gasteiger partial charge on any atom is -0.395 e. The maximum atomic E-state index is 8.94. The molecule has 6 heteroatoms. The van der Waals surface area contributed by atoms with Gasteiger partial charge in [-0.05, 0) is 0 Å². The fraction of sp³-hybridized carbons (Fsp3) is 0.556. The van der Waals surface area contributed by atoms with Crippen molar-refractivity contribution in [2.75, 3.05) is 12.0 Å². The van der Waals surface area contributed by atoms with E-state index in [-0.39, 0.29) is 11.9 Å². The van der Waals surface area contributed by atoms with E-state index in [1.54, 1.807) is 6.07 Å². The van der Waals surface area contributed by atoms with Gasteiger partial charge in [-0.2, -0.15) is 0 Å². The maximum absolute atomic E-state index is 8.94. The molecule has 0 fully saturated rings. The predicted octanol–water partition coefficient (Wildman–Crippen LogP) is 0.797. The van der Waals surface area contributed by atoms with Gasteiger partial charge in [-0.3, -0.25) is 0 Å². The van der Waals surface area contributed by atoms with Gasteiger partial charge < -0.3 is 10.5 Å². The Morgan fingerprint density at radius 1 is 1.60 bits per heavy atom. The summed E-state index contributed by atoms with van der Waals surface area (Å²) in [5, 5.41) is 9.90. The minimum absolute atomic E-state index is 0.121. The average molecular weight is 228 g/mol. The third kappa shape index (κ3) is 3.65. The molecule has 0 aliphatic rings. The molecule has 1 aromatic heterocycles. The number of rotatable bonds is 5. The summed E-state index contributed by atoms with van der Waals surface area (Å²) < 4.78 is 0. The molecule has 0 radical (unpaired) electrons. The van der Waals surface area contributed by atoms with Gasteiger partial charge in [0.1, 0.15) is 16.7 Å². The summed E-state index contributed by atoms with van der Waals surface area (Å²) in [6.07, 6.45) is 0.761. The molecule has 1 rings (SSSR count). The molecule has 4 N–H and O–H groups in total. The number of hydrazine groups is 1. The van der Waals surface area contributed by atoms with Crippen LogP contribution in [0.4, 0.5) is 5.82 Å². The Balaban J connectivity index is 2.86. The molecule has 15 heavy (non-hydrogen) atoms. The first kappa shape index (κ1) is 12.2. The highest BCUT2D eigenvalue weighted by Gasteiger charge is 2.07. The molecule has 1 atom stereocenters. The van der Waals surface area contributed by atoms with Crippen molar-refractivity contribution in [2.45, 2.75) is 30.5 Å². The van der Waals surface area contributed by atoms with Crippen molar-refractivity contribution in [3.8, 4) is 0 Å². The number of nitrogens with two attached hydrogens (primary N) is 1. The van der Waals surface area contributed by atoms with E-state index in [9.17, 15) is 0 Å². The quantitative estimate of drug-likeness (QED) is 0.299. The molecule has 0 aliphatic carbocycles. The normalized spacial score (nSPS) is 12.5. The molecule has 5 nitrogen and oxygen atoms in total. The van der Waals surface area contributed by atoms with Crippen molar-refractivity contribution >= 4 is 17.6 Å². The van der Waals surface area contributed by atoms with E-state index in [1.165, 1.54) is 11.8 Å². The number of aromatic nitrogens is 2. The van der Waals surface area contributed by atoms with Crippen LogP contribution in [0.5, 0.6) is 0 Å². The Morgan fingerprint density at radius 2 is 2.33 bits per heavy atom. The minimum atomic E-state index is 0.121. The second-order valence-corrected chi connectivity index (χ2v) is 4.58. The van der Waals surface area contributed by atoms with Crippen molar-refractivity contribution in [1.29, 1.82) is 0 Å². The van der Waals surface area contributed by atoms with Crippen LogP contribution in [0.1, 0.15) is 19.7 Å². The van der Waals surface area contributed by atoms with Gasteiger partial charge in [0.05, 0.1) is 6.61 Å². The van der Waals surface area contributed by atoms with Gasteiger partial charge in [0.25, 0.3) is 0 Å². The smallest absolute Gasteiger partial charge is 0.144 e. The summed E-state index contributed by atoms with van der Waals surface area (Å²) in [5.74, 6) is 6.66. The van der Waals surface area contributed by atoms with Crippen molar-refractivity contribution in [2.24, 2.45) is 5.84 Å². The molecule has 1 heterocycles. The molecule has 1 unspecified atom stereocenters. The number of thioether (sulfide) groups is 1. The van der Waals surface area contributed by atoms with Crippen molar-refractivity contribution in [3.05, 3.63) is 11.9 Å². The fourth-order valence-electron chi connectivity index (χ4n) is 1.01. The highest BCUT2D eigenvalue weighted by atomic mass is 32.2. The lowest BCUT2D eigenvalue weighted by Gasteiger charge is -2.09. The standard InChI is InChI=1S/C9H16N4OS/c1-3-7-11-8(13-10)4-9(12-7)15-6(2)5-14/h4,6,14H,3,5,10H2,1-2H3,(H,11,12,13). The Labute approximate surface area is 93.5 Å². The van der Waals surface area contributed by atoms with Gasteiger partial charge in [-0.1, -0.05) is 13.8 Å². The first-order chi connectivity index (χ1) is 7.19. The van der Waals surface area contributed by atoms with E-state index in [0.29, 0.717) is 5.82 Å². The van der Waals surface area contributed by atoms with Gasteiger partial charge in [-0.25, -0.2) is 15.8 Å². The molecule has 0 spiro atoms. The Hall–Kier alpha value is -0.850. The van der Waals surface area contributed by atoms with Crippen LogP contribution in [0.2, 0.25) is 0 Å². The molecule has 0 saturated carbocycles. The molecular formula is C9H16N4OS. The zero-order valence-corrected chi connectivity index (χ0v) is 9.71. The van der Waals surface area contributed by atoms with Crippen LogP contribution >= 0.6 is 11.8 Å². The van der Waals surface area contributed by atoms with Gasteiger partial charge >= 0.3 is 0 Å². The monoisotopic (exact) mass is 228 g/mol. The van der Waals surface area contributed by atoms with E-state index in [0.717, 1.165) is 17.3 Å². The van der Waals surface area contributed by atoms with Gasteiger partial charge in [-0.15, -0.1) is 11.8 Å². The summed E-state index contributed by atoms with van der Waals surface area (Å²) in [7, 11) is 0. The average Bonchev–Trinajstić information content (AvgIpc) is 2.28. The van der Waals surface area contributed by atoms with Crippen molar-refractivity contribution in [3.63, 3.8) is 0 Å². The largest absolute Gasteiger partial charge is 0.395 e. The number of aliphatic hydroxyl groups is 1. The van der Waals surface area contributed by atoms with Crippen LogP contribution in [-0.2, 0) is 6.42 Å². The fourth-order valence-corrected chi connectivity index (χ4v) is 1.83. The van der Waals surface area contributed by atoms with Crippen LogP contribution in [0.15, 0.2) is 11.1 Å². The molecule has 0 saturated heterocycles. The second kappa shape index (κ2) is 5.89. The SMILES string of the molecule is CCc1nc(NN)cc(SC(C)CO)n1. The number of aryl methyl sites for hydroxylation is 1. The van der Waals surface area contributed by atoms with Gasteiger partial charge in [0.2, 0.25) is 0 Å². The second-order valence-electron chi connectivity index (χ2n) is 3.12. The summed E-state index contributed by atoms with van der Waals surface area (Å²) in [5.41, 5.74) is 2.51. The third-order valence-corrected chi connectivity index (χ3v) is 2.79. The van der Waals surface area contributed by atoms with Crippen LogP contribution in [-0.4, -0.2) is 26.9 Å². The lowest BCUT2D eigenvalue weighted by molar-refractivity contribution is 0.300. The van der Waals surface area contributed by atoms with Gasteiger partial charge in [0, 0.05) is 17.7 Å². The van der Waals surface area contributed by atoms with Crippen LogP contribution in [0, 0.1) is 0 Å². The highest BCUT2D eigenvalue weighted by Crippen LogP contribution is 2.22. The van der Waals surface area contributed by atoms with Crippen molar-refractivity contribution in [1.82, 2.24) is 9.97 Å². The first-order valence-corrected chi connectivity index (χ1v) is 5.69. The summed E-state index contributed by atoms with van der Waals surface area (Å²) in [4.78, 5) is 8.51. The van der Waals surface area contributed by atoms with Crippen molar-refractivity contribution < 1.29 is 5.11 Å². The molecule has 0 amide bonds. The number of hydrogen-bond acceptors (Lipinski definition) is 6. The van der Waals surface area contributed by atoms with E-state index >= 15 is 0 Å². The third-order valence-electron chi connectivity index (χ3n) is 1.79. The highest BCUT2D eigenvalue weighted by molar-refractivity contribution is 7.99. The number of nitrogens with zero attached hydrogens (tertiary/aromatic N) is 2. The number of nitrogen functional groups attached to an aromatic ring is 1. The van der Waals surface area contributed by atoms with E-state index in [1.807, 2.05) is 13.8 Å². The zero-order chi connectivity index (χ0) is 11.3. The topological polar surface area (TPSA) is 84.1 Å². The van der Waals surface area contributed by atoms with E-state index < -0.39 is 0 Å². The lowest BCUT2D eigenvalue weighted by Crippen LogP contribution is -2.11. The molecular weight excluding hydrogens is 212 g/mol. The molecule has 0 aliphatic heterocycles. The lowest BCUT2D eigenvalue weighted by atomic mass is 10.4. The zero-order valence-electron chi connectivity index (χ0n) is 8.90. The summed E-state index contributed by atoms with van der Waals surface area (Å²) >= 11 is 1.51. The van der Waals surface area contributed by atoms with Crippen LogP contribution in [0.3, 0.4) is 0 Å².